The first-order valence-electron chi connectivity index (χ1n) is 9.28. The van der Waals surface area contributed by atoms with E-state index in [1.165, 1.54) is 0 Å². The third kappa shape index (κ3) is 3.93. The van der Waals surface area contributed by atoms with Crippen LogP contribution >= 0.6 is 0 Å². The molecular formula is C22H23N3O2. The lowest BCUT2D eigenvalue weighted by Gasteiger charge is -2.31. The number of carbonyl (C=O) groups is 1. The van der Waals surface area contributed by atoms with Crippen molar-refractivity contribution < 1.29 is 9.53 Å². The normalized spacial score (nSPS) is 17.1. The molecule has 2 aromatic carbocycles. The molecule has 0 bridgehead atoms. The molecule has 1 atom stereocenters. The van der Waals surface area contributed by atoms with Crippen molar-refractivity contribution in [2.45, 2.75) is 19.6 Å². The van der Waals surface area contributed by atoms with Crippen molar-refractivity contribution in [2.24, 2.45) is 0 Å². The van der Waals surface area contributed by atoms with Crippen LogP contribution in [0.2, 0.25) is 0 Å². The van der Waals surface area contributed by atoms with E-state index in [-0.39, 0.29) is 12.0 Å². The van der Waals surface area contributed by atoms with Gasteiger partial charge in [0, 0.05) is 24.8 Å². The molecule has 1 aromatic heterocycles. The lowest BCUT2D eigenvalue weighted by Crippen LogP contribution is -2.44. The summed E-state index contributed by atoms with van der Waals surface area (Å²) in [6.45, 7) is 4.42. The highest BCUT2D eigenvalue weighted by molar-refractivity contribution is 5.99. The van der Waals surface area contributed by atoms with E-state index in [0.29, 0.717) is 31.8 Å². The molecule has 1 unspecified atom stereocenters. The van der Waals surface area contributed by atoms with Gasteiger partial charge in [-0.3, -0.25) is 9.48 Å². The summed E-state index contributed by atoms with van der Waals surface area (Å²) in [5.74, 6) is 0.0170. The average Bonchev–Trinajstić information content (AvgIpc) is 3.12. The summed E-state index contributed by atoms with van der Waals surface area (Å²) in [6.07, 6.45) is 1.93. The van der Waals surface area contributed by atoms with Crippen LogP contribution in [0.4, 0.5) is 0 Å². The van der Waals surface area contributed by atoms with Crippen molar-refractivity contribution >= 4 is 5.91 Å². The molecule has 3 aromatic rings. The second-order valence-electron chi connectivity index (χ2n) is 6.87. The summed E-state index contributed by atoms with van der Waals surface area (Å²) in [5, 5.41) is 4.75. The Morgan fingerprint density at radius 2 is 1.81 bits per heavy atom. The molecule has 5 heteroatoms. The number of rotatable bonds is 4. The van der Waals surface area contributed by atoms with Crippen LogP contribution < -0.4 is 0 Å². The molecule has 1 aliphatic rings. The summed E-state index contributed by atoms with van der Waals surface area (Å²) in [6, 6.07) is 20.0. The summed E-state index contributed by atoms with van der Waals surface area (Å²) in [5.41, 5.74) is 3.48. The maximum absolute atomic E-state index is 13.2. The molecule has 5 nitrogen and oxygen atoms in total. The van der Waals surface area contributed by atoms with E-state index >= 15 is 0 Å². The number of carbonyl (C=O) groups excluding carboxylic acids is 1. The zero-order valence-corrected chi connectivity index (χ0v) is 15.4. The van der Waals surface area contributed by atoms with Gasteiger partial charge in [-0.1, -0.05) is 60.7 Å². The van der Waals surface area contributed by atoms with Crippen LogP contribution in [0.1, 0.15) is 22.8 Å². The minimum absolute atomic E-state index is 0.0170. The van der Waals surface area contributed by atoms with Crippen LogP contribution in [0.15, 0.2) is 66.9 Å². The van der Waals surface area contributed by atoms with E-state index in [2.05, 4.69) is 12.1 Å². The Morgan fingerprint density at radius 3 is 2.52 bits per heavy atom. The average molecular weight is 361 g/mol. The number of amides is 1. The second kappa shape index (κ2) is 7.76. The van der Waals surface area contributed by atoms with Crippen molar-refractivity contribution in [3.05, 3.63) is 78.0 Å². The Hall–Kier alpha value is -2.92. The Kier molecular flexibility index (Phi) is 5.03. The highest BCUT2D eigenvalue weighted by atomic mass is 16.5. The van der Waals surface area contributed by atoms with Gasteiger partial charge in [-0.25, -0.2) is 0 Å². The Morgan fingerprint density at radius 1 is 1.11 bits per heavy atom. The Labute approximate surface area is 159 Å². The van der Waals surface area contributed by atoms with E-state index in [1.807, 2.05) is 71.2 Å². The fourth-order valence-corrected chi connectivity index (χ4v) is 3.41. The van der Waals surface area contributed by atoms with Crippen molar-refractivity contribution in [1.82, 2.24) is 14.7 Å². The van der Waals surface area contributed by atoms with Crippen LogP contribution in [0.3, 0.4) is 0 Å². The molecule has 27 heavy (non-hydrogen) atoms. The number of ether oxygens (including phenoxy) is 1. The van der Waals surface area contributed by atoms with Crippen LogP contribution in [0, 0.1) is 0 Å². The van der Waals surface area contributed by atoms with Crippen molar-refractivity contribution in [1.29, 1.82) is 0 Å². The second-order valence-corrected chi connectivity index (χ2v) is 6.87. The van der Waals surface area contributed by atoms with Crippen LogP contribution in [-0.2, 0) is 11.3 Å². The van der Waals surface area contributed by atoms with Gasteiger partial charge in [0.1, 0.15) is 5.69 Å². The molecule has 4 rings (SSSR count). The first-order valence-corrected chi connectivity index (χ1v) is 9.28. The number of nitrogens with zero attached hydrogens (tertiary/aromatic N) is 3. The predicted octanol–water partition coefficient (Wildman–Crippen LogP) is 3.46. The maximum atomic E-state index is 13.2. The minimum atomic E-state index is 0.0170. The van der Waals surface area contributed by atoms with Crippen molar-refractivity contribution in [2.75, 3.05) is 19.7 Å². The van der Waals surface area contributed by atoms with E-state index in [1.54, 1.807) is 0 Å². The number of hydrogen-bond acceptors (Lipinski definition) is 3. The molecule has 1 fully saturated rings. The van der Waals surface area contributed by atoms with Gasteiger partial charge >= 0.3 is 0 Å². The fraction of sp³-hybridized carbons (Fsp3) is 0.273. The summed E-state index contributed by atoms with van der Waals surface area (Å²) < 4.78 is 7.43. The van der Waals surface area contributed by atoms with Gasteiger partial charge in [-0.05, 0) is 12.5 Å². The molecule has 138 valence electrons. The minimum Gasteiger partial charge on any atom is -0.375 e. The van der Waals surface area contributed by atoms with Crippen LogP contribution in [0.5, 0.6) is 0 Å². The topological polar surface area (TPSA) is 47.4 Å². The molecule has 0 N–H and O–H groups in total. The van der Waals surface area contributed by atoms with E-state index in [0.717, 1.165) is 16.8 Å². The first kappa shape index (κ1) is 17.5. The molecule has 1 amide bonds. The van der Waals surface area contributed by atoms with Crippen LogP contribution in [0.25, 0.3) is 11.3 Å². The predicted molar refractivity (Wildman–Crippen MR) is 105 cm³/mol. The molecule has 1 saturated heterocycles. The number of aromatic nitrogens is 2. The zero-order chi connectivity index (χ0) is 18.6. The summed E-state index contributed by atoms with van der Waals surface area (Å²) in [4.78, 5) is 15.1. The molecule has 0 spiro atoms. The van der Waals surface area contributed by atoms with Crippen molar-refractivity contribution in [3.63, 3.8) is 0 Å². The lowest BCUT2D eigenvalue weighted by molar-refractivity contribution is -0.0123. The van der Waals surface area contributed by atoms with Crippen LogP contribution in [-0.4, -0.2) is 46.4 Å². The van der Waals surface area contributed by atoms with Gasteiger partial charge in [0.15, 0.2) is 0 Å². The monoisotopic (exact) mass is 361 g/mol. The molecule has 1 aliphatic heterocycles. The smallest absolute Gasteiger partial charge is 0.257 e. The third-order valence-electron chi connectivity index (χ3n) is 4.76. The summed E-state index contributed by atoms with van der Waals surface area (Å²) >= 11 is 0. The highest BCUT2D eigenvalue weighted by Crippen LogP contribution is 2.24. The van der Waals surface area contributed by atoms with Crippen molar-refractivity contribution in [3.8, 4) is 11.3 Å². The number of hydrogen-bond donors (Lipinski definition) is 0. The van der Waals surface area contributed by atoms with E-state index < -0.39 is 0 Å². The first-order chi connectivity index (χ1) is 13.2. The van der Waals surface area contributed by atoms with E-state index in [9.17, 15) is 4.79 Å². The van der Waals surface area contributed by atoms with Gasteiger partial charge < -0.3 is 9.64 Å². The lowest BCUT2D eigenvalue weighted by atomic mass is 10.1. The van der Waals surface area contributed by atoms with Gasteiger partial charge in [-0.2, -0.15) is 5.10 Å². The SMILES string of the molecule is CC1CN(C(=O)c2cn(Cc3ccccc3)nc2-c2ccccc2)CCO1. The third-order valence-corrected chi connectivity index (χ3v) is 4.76. The molecule has 0 aliphatic carbocycles. The van der Waals surface area contributed by atoms with Gasteiger partial charge in [-0.15, -0.1) is 0 Å². The molecule has 2 heterocycles. The molecular weight excluding hydrogens is 338 g/mol. The maximum Gasteiger partial charge on any atom is 0.257 e. The zero-order valence-electron chi connectivity index (χ0n) is 15.4. The Bertz CT molecular complexity index is 906. The van der Waals surface area contributed by atoms with Gasteiger partial charge in [0.25, 0.3) is 5.91 Å². The Balaban J connectivity index is 1.69. The highest BCUT2D eigenvalue weighted by Gasteiger charge is 2.26. The largest absolute Gasteiger partial charge is 0.375 e. The number of benzene rings is 2. The molecule has 0 saturated carbocycles. The fourth-order valence-electron chi connectivity index (χ4n) is 3.41. The van der Waals surface area contributed by atoms with Gasteiger partial charge in [0.05, 0.1) is 24.8 Å². The number of morpholine rings is 1. The van der Waals surface area contributed by atoms with Gasteiger partial charge in [0.2, 0.25) is 0 Å². The molecule has 0 radical (unpaired) electrons. The standard InChI is InChI=1S/C22H23N3O2/c1-17-14-24(12-13-27-17)22(26)20-16-25(15-18-8-4-2-5-9-18)23-21(20)19-10-6-3-7-11-19/h2-11,16-17H,12-15H2,1H3. The quantitative estimate of drug-likeness (QED) is 0.715. The summed E-state index contributed by atoms with van der Waals surface area (Å²) in [7, 11) is 0. The van der Waals surface area contributed by atoms with E-state index in [4.69, 9.17) is 9.84 Å².